The molecule has 2 aromatic heterocycles. The van der Waals surface area contributed by atoms with Crippen molar-refractivity contribution in [3.8, 4) is 10.8 Å². The molecule has 0 fully saturated rings. The minimum Gasteiger partial charge on any atom is -0.365 e. The standard InChI is InChI=1S/C9H8N4OS/c1-5-2-3-11-8(13-5)9-12-4-6(15-9)7(10)14/h2-4H,1H3,(H2,10,14). The summed E-state index contributed by atoms with van der Waals surface area (Å²) in [5.41, 5.74) is 5.98. The van der Waals surface area contributed by atoms with Crippen LogP contribution in [0.5, 0.6) is 0 Å². The molecule has 2 aromatic rings. The van der Waals surface area contributed by atoms with Crippen LogP contribution in [0.15, 0.2) is 18.5 Å². The Morgan fingerprint density at radius 1 is 1.47 bits per heavy atom. The number of aryl methyl sites for hydroxylation is 1. The molecule has 0 atom stereocenters. The van der Waals surface area contributed by atoms with Crippen LogP contribution >= 0.6 is 11.3 Å². The Balaban J connectivity index is 2.41. The molecule has 15 heavy (non-hydrogen) atoms. The van der Waals surface area contributed by atoms with Gasteiger partial charge in [-0.15, -0.1) is 11.3 Å². The number of primary amides is 1. The van der Waals surface area contributed by atoms with E-state index in [-0.39, 0.29) is 0 Å². The highest BCUT2D eigenvalue weighted by Crippen LogP contribution is 2.21. The Morgan fingerprint density at radius 2 is 2.27 bits per heavy atom. The molecule has 0 aliphatic heterocycles. The first kappa shape index (κ1) is 9.72. The summed E-state index contributed by atoms with van der Waals surface area (Å²) in [4.78, 5) is 23.6. The van der Waals surface area contributed by atoms with Gasteiger partial charge in [-0.05, 0) is 13.0 Å². The van der Waals surface area contributed by atoms with E-state index in [2.05, 4.69) is 15.0 Å². The smallest absolute Gasteiger partial charge is 0.260 e. The number of rotatable bonds is 2. The van der Waals surface area contributed by atoms with Crippen molar-refractivity contribution < 1.29 is 4.79 Å². The van der Waals surface area contributed by atoms with E-state index in [0.29, 0.717) is 15.7 Å². The molecule has 0 saturated heterocycles. The molecular formula is C9H8N4OS. The fourth-order valence-corrected chi connectivity index (χ4v) is 1.75. The van der Waals surface area contributed by atoms with Crippen LogP contribution < -0.4 is 5.73 Å². The topological polar surface area (TPSA) is 81.8 Å². The van der Waals surface area contributed by atoms with Gasteiger partial charge in [0.2, 0.25) is 0 Å². The Kier molecular flexibility index (Phi) is 2.42. The molecule has 0 radical (unpaired) electrons. The molecule has 0 aliphatic rings. The van der Waals surface area contributed by atoms with Crippen LogP contribution in [-0.4, -0.2) is 20.9 Å². The summed E-state index contributed by atoms with van der Waals surface area (Å²) in [6.07, 6.45) is 3.09. The molecule has 6 heteroatoms. The molecule has 0 saturated carbocycles. The first-order valence-corrected chi connectivity index (χ1v) is 5.04. The molecule has 2 rings (SSSR count). The van der Waals surface area contributed by atoms with Gasteiger partial charge in [0.15, 0.2) is 10.8 Å². The SMILES string of the molecule is Cc1ccnc(-c2ncc(C(N)=O)s2)n1. The Labute approximate surface area is 90.0 Å². The van der Waals surface area contributed by atoms with Gasteiger partial charge in [0.05, 0.1) is 6.20 Å². The predicted octanol–water partition coefficient (Wildman–Crippen LogP) is 1.01. The fourth-order valence-electron chi connectivity index (χ4n) is 1.04. The molecule has 0 bridgehead atoms. The Morgan fingerprint density at radius 3 is 2.87 bits per heavy atom. The van der Waals surface area contributed by atoms with Crippen LogP contribution in [-0.2, 0) is 0 Å². The highest BCUT2D eigenvalue weighted by atomic mass is 32.1. The maximum atomic E-state index is 10.9. The molecule has 0 unspecified atom stereocenters. The van der Waals surface area contributed by atoms with Gasteiger partial charge >= 0.3 is 0 Å². The number of carbonyl (C=O) groups excluding carboxylic acids is 1. The minimum absolute atomic E-state index is 0.412. The lowest BCUT2D eigenvalue weighted by molar-refractivity contribution is 0.100. The average molecular weight is 220 g/mol. The number of carbonyl (C=O) groups is 1. The van der Waals surface area contributed by atoms with Crippen molar-refractivity contribution in [2.45, 2.75) is 6.92 Å². The van der Waals surface area contributed by atoms with Crippen LogP contribution in [0.1, 0.15) is 15.4 Å². The Hall–Kier alpha value is -1.82. The van der Waals surface area contributed by atoms with Crippen LogP contribution in [0.25, 0.3) is 10.8 Å². The maximum absolute atomic E-state index is 10.9. The summed E-state index contributed by atoms with van der Waals surface area (Å²) in [7, 11) is 0. The third-order valence-electron chi connectivity index (χ3n) is 1.73. The molecule has 0 aliphatic carbocycles. The fraction of sp³-hybridized carbons (Fsp3) is 0.111. The zero-order valence-corrected chi connectivity index (χ0v) is 8.78. The molecule has 0 aromatic carbocycles. The van der Waals surface area contributed by atoms with E-state index >= 15 is 0 Å². The van der Waals surface area contributed by atoms with E-state index in [1.54, 1.807) is 12.3 Å². The summed E-state index contributed by atoms with van der Waals surface area (Å²) in [5, 5.41) is 0.604. The molecule has 0 spiro atoms. The second kappa shape index (κ2) is 3.74. The van der Waals surface area contributed by atoms with E-state index in [1.165, 1.54) is 17.5 Å². The third-order valence-corrected chi connectivity index (χ3v) is 2.74. The molecule has 76 valence electrons. The molecule has 2 heterocycles. The first-order chi connectivity index (χ1) is 7.16. The van der Waals surface area contributed by atoms with Gasteiger partial charge < -0.3 is 5.73 Å². The van der Waals surface area contributed by atoms with E-state index in [9.17, 15) is 4.79 Å². The summed E-state index contributed by atoms with van der Waals surface area (Å²) in [6, 6.07) is 1.80. The number of hydrogen-bond donors (Lipinski definition) is 1. The van der Waals surface area contributed by atoms with Crippen molar-refractivity contribution in [2.75, 3.05) is 0 Å². The van der Waals surface area contributed by atoms with Gasteiger partial charge in [-0.25, -0.2) is 15.0 Å². The van der Waals surface area contributed by atoms with Crippen molar-refractivity contribution in [3.63, 3.8) is 0 Å². The second-order valence-electron chi connectivity index (χ2n) is 2.92. The van der Waals surface area contributed by atoms with Gasteiger partial charge in [0.1, 0.15) is 4.88 Å². The van der Waals surface area contributed by atoms with Crippen LogP contribution in [0.4, 0.5) is 0 Å². The van der Waals surface area contributed by atoms with Gasteiger partial charge in [-0.3, -0.25) is 4.79 Å². The van der Waals surface area contributed by atoms with Gasteiger partial charge in [0.25, 0.3) is 5.91 Å². The van der Waals surface area contributed by atoms with Crippen molar-refractivity contribution >= 4 is 17.2 Å². The lowest BCUT2D eigenvalue weighted by Gasteiger charge is -1.94. The van der Waals surface area contributed by atoms with Crippen molar-refractivity contribution in [1.82, 2.24) is 15.0 Å². The second-order valence-corrected chi connectivity index (χ2v) is 3.95. The Bertz CT molecular complexity index is 508. The number of amides is 1. The van der Waals surface area contributed by atoms with Crippen molar-refractivity contribution in [1.29, 1.82) is 0 Å². The number of nitrogens with zero attached hydrogens (tertiary/aromatic N) is 3. The van der Waals surface area contributed by atoms with Crippen molar-refractivity contribution in [2.24, 2.45) is 5.73 Å². The van der Waals surface area contributed by atoms with Crippen LogP contribution in [0.3, 0.4) is 0 Å². The van der Waals surface area contributed by atoms with E-state index in [1.807, 2.05) is 6.92 Å². The third kappa shape index (κ3) is 1.99. The molecular weight excluding hydrogens is 212 g/mol. The van der Waals surface area contributed by atoms with Gasteiger partial charge in [-0.1, -0.05) is 0 Å². The van der Waals surface area contributed by atoms with Crippen LogP contribution in [0.2, 0.25) is 0 Å². The molecule has 1 amide bonds. The maximum Gasteiger partial charge on any atom is 0.260 e. The van der Waals surface area contributed by atoms with Gasteiger partial charge in [0, 0.05) is 11.9 Å². The molecule has 5 nitrogen and oxygen atoms in total. The van der Waals surface area contributed by atoms with E-state index in [4.69, 9.17) is 5.73 Å². The van der Waals surface area contributed by atoms with Gasteiger partial charge in [-0.2, -0.15) is 0 Å². The lowest BCUT2D eigenvalue weighted by Crippen LogP contribution is -2.08. The largest absolute Gasteiger partial charge is 0.365 e. The first-order valence-electron chi connectivity index (χ1n) is 4.22. The number of thiazole rings is 1. The normalized spacial score (nSPS) is 10.2. The highest BCUT2D eigenvalue weighted by molar-refractivity contribution is 7.16. The quantitative estimate of drug-likeness (QED) is 0.818. The summed E-state index contributed by atoms with van der Waals surface area (Å²) in [5.74, 6) is 0.0407. The summed E-state index contributed by atoms with van der Waals surface area (Å²) in [6.45, 7) is 1.87. The zero-order chi connectivity index (χ0) is 10.8. The average Bonchev–Trinajstić information content (AvgIpc) is 2.66. The summed E-state index contributed by atoms with van der Waals surface area (Å²) >= 11 is 1.19. The van der Waals surface area contributed by atoms with Crippen molar-refractivity contribution in [3.05, 3.63) is 29.0 Å². The lowest BCUT2D eigenvalue weighted by atomic mass is 10.4. The number of aromatic nitrogens is 3. The minimum atomic E-state index is -0.480. The molecule has 2 N–H and O–H groups in total. The van der Waals surface area contributed by atoms with Crippen LogP contribution in [0, 0.1) is 6.92 Å². The summed E-state index contributed by atoms with van der Waals surface area (Å²) < 4.78 is 0. The monoisotopic (exact) mass is 220 g/mol. The number of nitrogens with two attached hydrogens (primary N) is 1. The number of hydrogen-bond acceptors (Lipinski definition) is 5. The zero-order valence-electron chi connectivity index (χ0n) is 7.97. The highest BCUT2D eigenvalue weighted by Gasteiger charge is 2.10. The predicted molar refractivity (Wildman–Crippen MR) is 56.4 cm³/mol. The van der Waals surface area contributed by atoms with E-state index < -0.39 is 5.91 Å². The van der Waals surface area contributed by atoms with E-state index in [0.717, 1.165) is 5.69 Å².